The fraction of sp³-hybridized carbons (Fsp3) is 0.100. The molecule has 0 spiro atoms. The minimum absolute atomic E-state index is 0.204. The number of nitrogens with zero attached hydrogens (tertiary/aromatic N) is 1. The number of halogens is 2. The Morgan fingerprint density at radius 3 is 2.63 bits per heavy atom. The quantitative estimate of drug-likeness (QED) is 0.665. The number of ether oxygens (including phenoxy) is 1. The monoisotopic (exact) mass is 369 g/mol. The second-order valence-corrected chi connectivity index (χ2v) is 5.79. The summed E-state index contributed by atoms with van der Waals surface area (Å²) in [6.45, 7) is 0.204. The highest BCUT2D eigenvalue weighted by molar-refractivity contribution is 5.97. The van der Waals surface area contributed by atoms with Gasteiger partial charge in [0.2, 0.25) is 0 Å². The number of hydrogen-bond donors (Lipinski definition) is 2. The maximum atomic E-state index is 14.5. The molecule has 27 heavy (non-hydrogen) atoms. The molecule has 2 aromatic carbocycles. The number of benzene rings is 2. The highest BCUT2D eigenvalue weighted by Gasteiger charge is 2.19. The van der Waals surface area contributed by atoms with Crippen molar-refractivity contribution in [2.24, 2.45) is 0 Å². The molecule has 3 aromatic rings. The van der Waals surface area contributed by atoms with Crippen LogP contribution >= 0.6 is 0 Å². The van der Waals surface area contributed by atoms with Crippen molar-refractivity contribution in [2.75, 3.05) is 18.2 Å². The number of hydrogen-bond acceptors (Lipinski definition) is 5. The number of methoxy groups -OCH3 is 1. The summed E-state index contributed by atoms with van der Waals surface area (Å²) in [5.41, 5.74) is 6.92. The van der Waals surface area contributed by atoms with E-state index in [9.17, 15) is 13.6 Å². The van der Waals surface area contributed by atoms with Gasteiger partial charge in [-0.25, -0.2) is 18.6 Å². The van der Waals surface area contributed by atoms with Crippen LogP contribution < -0.4 is 11.1 Å². The third kappa shape index (κ3) is 4.03. The zero-order valence-electron chi connectivity index (χ0n) is 14.5. The molecule has 1 heterocycles. The van der Waals surface area contributed by atoms with Gasteiger partial charge in [0, 0.05) is 12.1 Å². The van der Waals surface area contributed by atoms with Crippen LogP contribution in [-0.4, -0.2) is 18.1 Å². The van der Waals surface area contributed by atoms with Crippen LogP contribution in [0.5, 0.6) is 0 Å². The third-order valence-electron chi connectivity index (χ3n) is 4.01. The second kappa shape index (κ2) is 7.82. The molecule has 0 saturated carbocycles. The molecule has 0 aliphatic rings. The number of carbonyl (C=O) groups is 1. The molecule has 3 N–H and O–H groups in total. The fourth-order valence-corrected chi connectivity index (χ4v) is 2.63. The third-order valence-corrected chi connectivity index (χ3v) is 4.01. The molecule has 138 valence electrons. The molecule has 1 aromatic heterocycles. The van der Waals surface area contributed by atoms with E-state index in [4.69, 9.17) is 5.73 Å². The van der Waals surface area contributed by atoms with Crippen molar-refractivity contribution < 1.29 is 18.3 Å². The predicted octanol–water partition coefficient (Wildman–Crippen LogP) is 4.01. The lowest BCUT2D eigenvalue weighted by molar-refractivity contribution is 0.0596. The van der Waals surface area contributed by atoms with Crippen molar-refractivity contribution in [2.45, 2.75) is 6.54 Å². The summed E-state index contributed by atoms with van der Waals surface area (Å²) in [6, 6.07) is 12.0. The molecule has 0 fully saturated rings. The smallest absolute Gasteiger partial charge is 0.341 e. The van der Waals surface area contributed by atoms with Gasteiger partial charge in [-0.15, -0.1) is 0 Å². The van der Waals surface area contributed by atoms with Crippen molar-refractivity contribution in [3.8, 4) is 11.1 Å². The number of esters is 1. The molecule has 0 bridgehead atoms. The van der Waals surface area contributed by atoms with Gasteiger partial charge in [-0.2, -0.15) is 0 Å². The minimum Gasteiger partial charge on any atom is -0.465 e. The van der Waals surface area contributed by atoms with Gasteiger partial charge < -0.3 is 15.8 Å². The molecule has 5 nitrogen and oxygen atoms in total. The predicted molar refractivity (Wildman–Crippen MR) is 99.1 cm³/mol. The van der Waals surface area contributed by atoms with Crippen LogP contribution in [0.2, 0.25) is 0 Å². The molecular formula is C20H17F2N3O2. The molecule has 0 unspecified atom stereocenters. The van der Waals surface area contributed by atoms with Crippen molar-refractivity contribution in [1.82, 2.24) is 4.98 Å². The van der Waals surface area contributed by atoms with Crippen molar-refractivity contribution in [1.29, 1.82) is 0 Å². The van der Waals surface area contributed by atoms with E-state index in [1.165, 1.54) is 25.4 Å². The van der Waals surface area contributed by atoms with Crippen LogP contribution in [0.15, 0.2) is 54.7 Å². The van der Waals surface area contributed by atoms with Gasteiger partial charge in [0.1, 0.15) is 23.0 Å². The molecule has 0 atom stereocenters. The Balaban J connectivity index is 1.86. The fourth-order valence-electron chi connectivity index (χ4n) is 2.63. The van der Waals surface area contributed by atoms with E-state index < -0.39 is 17.6 Å². The van der Waals surface area contributed by atoms with Crippen molar-refractivity contribution in [3.63, 3.8) is 0 Å². The van der Waals surface area contributed by atoms with Gasteiger partial charge >= 0.3 is 5.97 Å². The maximum absolute atomic E-state index is 14.5. The van der Waals surface area contributed by atoms with Gasteiger partial charge in [0.05, 0.1) is 19.0 Å². The molecule has 0 saturated heterocycles. The number of pyridine rings is 1. The van der Waals surface area contributed by atoms with Gasteiger partial charge in [-0.05, 0) is 35.4 Å². The first-order valence-corrected chi connectivity index (χ1v) is 8.10. The first-order valence-electron chi connectivity index (χ1n) is 8.10. The number of nitrogen functional groups attached to an aromatic ring is 1. The van der Waals surface area contributed by atoms with E-state index in [0.29, 0.717) is 22.6 Å². The molecule has 0 aliphatic heterocycles. The van der Waals surface area contributed by atoms with E-state index in [1.807, 2.05) is 0 Å². The van der Waals surface area contributed by atoms with Crippen LogP contribution in [-0.2, 0) is 11.3 Å². The Bertz CT molecular complexity index is 975. The van der Waals surface area contributed by atoms with E-state index >= 15 is 0 Å². The topological polar surface area (TPSA) is 77.2 Å². The molecular weight excluding hydrogens is 352 g/mol. The summed E-state index contributed by atoms with van der Waals surface area (Å²) >= 11 is 0. The Morgan fingerprint density at radius 1 is 1.15 bits per heavy atom. The Labute approximate surface area is 154 Å². The lowest BCUT2D eigenvalue weighted by Gasteiger charge is -2.11. The number of nitrogens with one attached hydrogen (secondary N) is 1. The van der Waals surface area contributed by atoms with E-state index in [0.717, 1.165) is 6.07 Å². The molecule has 0 amide bonds. The van der Waals surface area contributed by atoms with Crippen LogP contribution in [0.4, 0.5) is 20.3 Å². The van der Waals surface area contributed by atoms with Crippen molar-refractivity contribution >= 4 is 17.5 Å². The first kappa shape index (κ1) is 18.3. The number of nitrogens with two attached hydrogens (primary N) is 1. The van der Waals surface area contributed by atoms with E-state index in [2.05, 4.69) is 15.0 Å². The molecule has 3 rings (SSSR count). The molecule has 0 aliphatic carbocycles. The van der Waals surface area contributed by atoms with Crippen molar-refractivity contribution in [3.05, 3.63) is 77.5 Å². The summed E-state index contributed by atoms with van der Waals surface area (Å²) in [5, 5.41) is 3.00. The summed E-state index contributed by atoms with van der Waals surface area (Å²) in [5.74, 6) is -1.47. The normalized spacial score (nSPS) is 10.5. The van der Waals surface area contributed by atoms with E-state index in [1.54, 1.807) is 30.3 Å². The number of aromatic nitrogens is 1. The van der Waals surface area contributed by atoms with Crippen LogP contribution in [0.3, 0.4) is 0 Å². The molecule has 7 heteroatoms. The highest BCUT2D eigenvalue weighted by atomic mass is 19.1. The van der Waals surface area contributed by atoms with E-state index in [-0.39, 0.29) is 17.7 Å². The van der Waals surface area contributed by atoms with Gasteiger partial charge in [0.15, 0.2) is 0 Å². The lowest BCUT2D eigenvalue weighted by atomic mass is 9.98. The summed E-state index contributed by atoms with van der Waals surface area (Å²) < 4.78 is 33.2. The maximum Gasteiger partial charge on any atom is 0.341 e. The standard InChI is InChI=1S/C20H17F2N3O2/c1-27-20(26)19-15(3-2-4-16(19)21)12-5-6-13(17(22)9-12)10-24-18-8-7-14(23)11-25-18/h2-9,11H,10,23H2,1H3,(H,24,25). The zero-order chi connectivity index (χ0) is 19.4. The van der Waals surface area contributed by atoms with Gasteiger partial charge in [-0.1, -0.05) is 24.3 Å². The number of anilines is 2. The average Bonchev–Trinajstić information content (AvgIpc) is 2.67. The molecule has 0 radical (unpaired) electrons. The first-order chi connectivity index (χ1) is 13.0. The highest BCUT2D eigenvalue weighted by Crippen LogP contribution is 2.28. The largest absolute Gasteiger partial charge is 0.465 e. The Morgan fingerprint density at radius 2 is 1.96 bits per heavy atom. The zero-order valence-corrected chi connectivity index (χ0v) is 14.5. The summed E-state index contributed by atoms with van der Waals surface area (Å²) in [7, 11) is 1.17. The Hall–Kier alpha value is -3.48. The van der Waals surface area contributed by atoms with Crippen LogP contribution in [0, 0.1) is 11.6 Å². The van der Waals surface area contributed by atoms with Gasteiger partial charge in [-0.3, -0.25) is 0 Å². The lowest BCUT2D eigenvalue weighted by Crippen LogP contribution is -2.07. The van der Waals surface area contributed by atoms with Gasteiger partial charge in [0.25, 0.3) is 0 Å². The summed E-state index contributed by atoms with van der Waals surface area (Å²) in [6.07, 6.45) is 1.50. The number of rotatable bonds is 5. The minimum atomic E-state index is -0.816. The SMILES string of the molecule is COC(=O)c1c(F)cccc1-c1ccc(CNc2ccc(N)cn2)c(F)c1. The number of carbonyl (C=O) groups excluding carboxylic acids is 1. The Kier molecular flexibility index (Phi) is 5.30. The second-order valence-electron chi connectivity index (χ2n) is 5.79. The van der Waals surface area contributed by atoms with Crippen LogP contribution in [0.1, 0.15) is 15.9 Å². The average molecular weight is 369 g/mol. The summed E-state index contributed by atoms with van der Waals surface area (Å²) in [4.78, 5) is 16.0. The van der Waals surface area contributed by atoms with Crippen LogP contribution in [0.25, 0.3) is 11.1 Å².